The highest BCUT2D eigenvalue weighted by Gasteiger charge is 2.30. The largest absolute Gasteiger partial charge is 0.312 e. The number of carbonyl (C=O) groups excluding carboxylic acids is 1. The lowest BCUT2D eigenvalue weighted by atomic mass is 10.1. The summed E-state index contributed by atoms with van der Waals surface area (Å²) in [6.07, 6.45) is 2.00. The number of hydrogen-bond donors (Lipinski definition) is 0. The van der Waals surface area contributed by atoms with Crippen LogP contribution in [-0.2, 0) is 4.79 Å². The number of hydrogen-bond acceptors (Lipinski definition) is 3. The summed E-state index contributed by atoms with van der Waals surface area (Å²) in [5, 5.41) is 10.6. The molecule has 0 radical (unpaired) electrons. The normalized spacial score (nSPS) is 19.1. The zero-order valence-corrected chi connectivity index (χ0v) is 9.51. The van der Waals surface area contributed by atoms with Gasteiger partial charge in [-0.25, -0.2) is 0 Å². The number of amides is 1. The predicted molar refractivity (Wildman–Crippen MR) is 63.7 cm³/mol. The van der Waals surface area contributed by atoms with Crippen LogP contribution in [0, 0.1) is 21.8 Å². The topological polar surface area (TPSA) is 63.5 Å². The van der Waals surface area contributed by atoms with Gasteiger partial charge in [0.25, 0.3) is 0 Å². The molecule has 94 valence electrons. The molecular formula is C12H11FN2O3. The highest BCUT2D eigenvalue weighted by molar-refractivity contribution is 5.96. The van der Waals surface area contributed by atoms with Crippen molar-refractivity contribution in [2.75, 3.05) is 11.4 Å². The minimum absolute atomic E-state index is 0.0293. The summed E-state index contributed by atoms with van der Waals surface area (Å²) in [6, 6.07) is 3.45. The summed E-state index contributed by atoms with van der Waals surface area (Å²) in [7, 11) is 0. The van der Waals surface area contributed by atoms with Crippen LogP contribution in [0.15, 0.2) is 30.9 Å². The number of anilines is 1. The molecule has 1 saturated heterocycles. The molecule has 1 aromatic rings. The lowest BCUT2D eigenvalue weighted by Crippen LogP contribution is -2.24. The Labute approximate surface area is 103 Å². The standard InChI is InChI=1S/C12H11FN2O3/c1-2-8-5-12(16)14(7-8)9-3-4-10(13)11(6-9)15(17)18/h2-4,6,8H,1,5,7H2. The molecule has 1 fully saturated rings. The fraction of sp³-hybridized carbons (Fsp3) is 0.250. The first kappa shape index (κ1) is 12.2. The van der Waals surface area contributed by atoms with Gasteiger partial charge in [-0.3, -0.25) is 14.9 Å². The third-order valence-corrected chi connectivity index (χ3v) is 2.93. The third kappa shape index (κ3) is 2.09. The van der Waals surface area contributed by atoms with Crippen molar-refractivity contribution in [1.82, 2.24) is 0 Å². The molecule has 0 N–H and O–H groups in total. The average Bonchev–Trinajstić information content (AvgIpc) is 2.71. The van der Waals surface area contributed by atoms with Crippen molar-refractivity contribution in [3.8, 4) is 0 Å². The van der Waals surface area contributed by atoms with E-state index in [9.17, 15) is 19.3 Å². The monoisotopic (exact) mass is 250 g/mol. The van der Waals surface area contributed by atoms with Gasteiger partial charge in [-0.1, -0.05) is 6.08 Å². The Morgan fingerprint density at radius 2 is 2.28 bits per heavy atom. The summed E-state index contributed by atoms with van der Waals surface area (Å²) < 4.78 is 13.2. The van der Waals surface area contributed by atoms with Crippen LogP contribution < -0.4 is 4.90 Å². The first-order valence-electron chi connectivity index (χ1n) is 5.39. The molecule has 0 bridgehead atoms. The molecule has 1 atom stereocenters. The molecule has 1 unspecified atom stereocenters. The molecule has 2 rings (SSSR count). The van der Waals surface area contributed by atoms with Crippen molar-refractivity contribution >= 4 is 17.3 Å². The van der Waals surface area contributed by atoms with Crippen molar-refractivity contribution < 1.29 is 14.1 Å². The summed E-state index contributed by atoms with van der Waals surface area (Å²) in [5.41, 5.74) is -0.278. The van der Waals surface area contributed by atoms with E-state index in [1.807, 2.05) is 0 Å². The van der Waals surface area contributed by atoms with Gasteiger partial charge in [0.2, 0.25) is 11.7 Å². The van der Waals surface area contributed by atoms with E-state index in [4.69, 9.17) is 0 Å². The van der Waals surface area contributed by atoms with Gasteiger partial charge in [0.15, 0.2) is 0 Å². The van der Waals surface area contributed by atoms with Crippen LogP contribution in [-0.4, -0.2) is 17.4 Å². The highest BCUT2D eigenvalue weighted by Crippen LogP contribution is 2.29. The molecule has 5 nitrogen and oxygen atoms in total. The average molecular weight is 250 g/mol. The zero-order valence-electron chi connectivity index (χ0n) is 9.51. The van der Waals surface area contributed by atoms with Gasteiger partial charge in [-0.05, 0) is 12.1 Å². The minimum Gasteiger partial charge on any atom is -0.312 e. The molecule has 1 aromatic carbocycles. The van der Waals surface area contributed by atoms with Crippen LogP contribution in [0.4, 0.5) is 15.8 Å². The van der Waals surface area contributed by atoms with E-state index in [0.29, 0.717) is 18.7 Å². The maximum Gasteiger partial charge on any atom is 0.306 e. The van der Waals surface area contributed by atoms with Gasteiger partial charge in [0, 0.05) is 24.9 Å². The first-order valence-corrected chi connectivity index (χ1v) is 5.39. The fourth-order valence-electron chi connectivity index (χ4n) is 1.95. The van der Waals surface area contributed by atoms with Crippen LogP contribution >= 0.6 is 0 Å². The Kier molecular flexibility index (Phi) is 3.10. The number of benzene rings is 1. The molecule has 6 heteroatoms. The van der Waals surface area contributed by atoms with Gasteiger partial charge in [-0.15, -0.1) is 6.58 Å². The summed E-state index contributed by atoms with van der Waals surface area (Å²) in [4.78, 5) is 23.0. The quantitative estimate of drug-likeness (QED) is 0.469. The predicted octanol–water partition coefficient (Wildman–Crippen LogP) is 2.27. The second kappa shape index (κ2) is 4.56. The molecule has 0 aliphatic carbocycles. The smallest absolute Gasteiger partial charge is 0.306 e. The van der Waals surface area contributed by atoms with Crippen molar-refractivity contribution in [2.24, 2.45) is 5.92 Å². The Hall–Kier alpha value is -2.24. The Morgan fingerprint density at radius 3 is 2.83 bits per heavy atom. The number of nitro groups is 1. The van der Waals surface area contributed by atoms with Gasteiger partial charge in [0.1, 0.15) is 0 Å². The number of carbonyl (C=O) groups is 1. The van der Waals surface area contributed by atoms with E-state index in [2.05, 4.69) is 6.58 Å². The van der Waals surface area contributed by atoms with E-state index in [-0.39, 0.29) is 11.8 Å². The van der Waals surface area contributed by atoms with Crippen molar-refractivity contribution in [1.29, 1.82) is 0 Å². The van der Waals surface area contributed by atoms with Crippen LogP contribution in [0.2, 0.25) is 0 Å². The Bertz CT molecular complexity index is 530. The number of nitro benzene ring substituents is 1. The molecular weight excluding hydrogens is 239 g/mol. The highest BCUT2D eigenvalue weighted by atomic mass is 19.1. The van der Waals surface area contributed by atoms with Gasteiger partial charge in [0.05, 0.1) is 10.6 Å². The van der Waals surface area contributed by atoms with Gasteiger partial charge >= 0.3 is 5.69 Å². The molecule has 1 aliphatic rings. The van der Waals surface area contributed by atoms with Gasteiger partial charge < -0.3 is 4.90 Å². The van der Waals surface area contributed by atoms with E-state index < -0.39 is 16.4 Å². The maximum atomic E-state index is 13.2. The van der Waals surface area contributed by atoms with Crippen LogP contribution in [0.3, 0.4) is 0 Å². The number of halogens is 1. The Balaban J connectivity index is 2.35. The summed E-state index contributed by atoms with van der Waals surface area (Å²) in [6.45, 7) is 4.04. The number of rotatable bonds is 3. The van der Waals surface area contributed by atoms with E-state index in [1.54, 1.807) is 6.08 Å². The molecule has 1 aliphatic heterocycles. The van der Waals surface area contributed by atoms with Crippen molar-refractivity contribution in [3.63, 3.8) is 0 Å². The molecule has 1 amide bonds. The van der Waals surface area contributed by atoms with Crippen LogP contribution in [0.1, 0.15) is 6.42 Å². The second-order valence-electron chi connectivity index (χ2n) is 4.10. The molecule has 0 saturated carbocycles. The SMILES string of the molecule is C=CC1CC(=O)N(c2ccc(F)c([N+](=O)[O-])c2)C1. The van der Waals surface area contributed by atoms with E-state index >= 15 is 0 Å². The second-order valence-corrected chi connectivity index (χ2v) is 4.10. The first-order chi connectivity index (χ1) is 8.52. The summed E-state index contributed by atoms with van der Waals surface area (Å²) in [5.74, 6) is -1.02. The zero-order chi connectivity index (χ0) is 13.3. The van der Waals surface area contributed by atoms with Crippen molar-refractivity contribution in [2.45, 2.75) is 6.42 Å². The molecule has 1 heterocycles. The third-order valence-electron chi connectivity index (χ3n) is 2.93. The maximum absolute atomic E-state index is 13.2. The van der Waals surface area contributed by atoms with Crippen molar-refractivity contribution in [3.05, 3.63) is 46.8 Å². The molecule has 0 aromatic heterocycles. The van der Waals surface area contributed by atoms with Crippen LogP contribution in [0.25, 0.3) is 0 Å². The van der Waals surface area contributed by atoms with E-state index in [1.165, 1.54) is 11.0 Å². The number of nitrogens with zero attached hydrogens (tertiary/aromatic N) is 2. The Morgan fingerprint density at radius 1 is 1.56 bits per heavy atom. The lowest BCUT2D eigenvalue weighted by Gasteiger charge is -2.15. The van der Waals surface area contributed by atoms with Gasteiger partial charge in [-0.2, -0.15) is 4.39 Å². The van der Waals surface area contributed by atoms with Crippen LogP contribution in [0.5, 0.6) is 0 Å². The minimum atomic E-state index is -0.907. The summed E-state index contributed by atoms with van der Waals surface area (Å²) >= 11 is 0. The molecule has 18 heavy (non-hydrogen) atoms. The lowest BCUT2D eigenvalue weighted by molar-refractivity contribution is -0.387. The fourth-order valence-corrected chi connectivity index (χ4v) is 1.95. The molecule has 0 spiro atoms. The van der Waals surface area contributed by atoms with E-state index in [0.717, 1.165) is 12.1 Å².